The predicted octanol–water partition coefficient (Wildman–Crippen LogP) is 2.94. The maximum absolute atomic E-state index is 12.6. The fraction of sp³-hybridized carbons (Fsp3) is 0.364. The van der Waals surface area contributed by atoms with E-state index in [1.165, 1.54) is 0 Å². The fourth-order valence-electron chi connectivity index (χ4n) is 3.41. The molecular weight excluding hydrogens is 418 g/mol. The Hall–Kier alpha value is -2.97. The zero-order valence-corrected chi connectivity index (χ0v) is 17.9. The Kier molecular flexibility index (Phi) is 7.11. The van der Waals surface area contributed by atoms with Gasteiger partial charge in [-0.15, -0.1) is 0 Å². The van der Waals surface area contributed by atoms with Gasteiger partial charge in [-0.2, -0.15) is 4.98 Å². The predicted molar refractivity (Wildman–Crippen MR) is 116 cm³/mol. The third-order valence-corrected chi connectivity index (χ3v) is 5.50. The molecule has 4 rings (SSSR count). The molecule has 0 unspecified atom stereocenters. The lowest BCUT2D eigenvalue weighted by Crippen LogP contribution is -2.49. The van der Waals surface area contributed by atoms with E-state index in [4.69, 9.17) is 20.9 Å². The Morgan fingerprint density at radius 2 is 1.87 bits per heavy atom. The molecule has 162 valence electrons. The van der Waals surface area contributed by atoms with Gasteiger partial charge in [0.15, 0.2) is 0 Å². The average Bonchev–Trinajstić information content (AvgIpc) is 3.29. The highest BCUT2D eigenvalue weighted by Crippen LogP contribution is 2.23. The second-order valence-electron chi connectivity index (χ2n) is 7.25. The first-order valence-corrected chi connectivity index (χ1v) is 10.7. The average molecular weight is 442 g/mol. The van der Waals surface area contributed by atoms with E-state index in [-0.39, 0.29) is 5.91 Å². The molecule has 1 saturated heterocycles. The topological polar surface area (TPSA) is 84.6 Å². The summed E-state index contributed by atoms with van der Waals surface area (Å²) < 4.78 is 11.0. The Morgan fingerprint density at radius 3 is 2.65 bits per heavy atom. The van der Waals surface area contributed by atoms with Crippen molar-refractivity contribution >= 4 is 17.5 Å². The summed E-state index contributed by atoms with van der Waals surface area (Å²) >= 11 is 6.11. The Morgan fingerprint density at radius 1 is 1.10 bits per heavy atom. The lowest BCUT2D eigenvalue weighted by Gasteiger charge is -2.34. The Labute approximate surface area is 185 Å². The largest absolute Gasteiger partial charge is 0.491 e. The third-order valence-electron chi connectivity index (χ3n) is 5.19. The van der Waals surface area contributed by atoms with Crippen molar-refractivity contribution in [2.24, 2.45) is 0 Å². The molecule has 1 aliphatic heterocycles. The number of amides is 1. The van der Waals surface area contributed by atoms with E-state index >= 15 is 0 Å². The van der Waals surface area contributed by atoms with Crippen LogP contribution in [0.5, 0.6) is 5.75 Å². The first kappa shape index (κ1) is 21.3. The molecule has 3 heterocycles. The molecule has 1 aromatic carbocycles. The summed E-state index contributed by atoms with van der Waals surface area (Å²) in [5.74, 6) is 1.79. The lowest BCUT2D eigenvalue weighted by molar-refractivity contribution is -0.133. The molecule has 1 fully saturated rings. The van der Waals surface area contributed by atoms with Crippen LogP contribution >= 0.6 is 11.6 Å². The maximum atomic E-state index is 12.6. The van der Waals surface area contributed by atoms with E-state index in [1.807, 2.05) is 41.3 Å². The van der Waals surface area contributed by atoms with Crippen LogP contribution in [0, 0.1) is 0 Å². The van der Waals surface area contributed by atoms with Gasteiger partial charge in [-0.3, -0.25) is 14.7 Å². The van der Waals surface area contributed by atoms with E-state index in [0.717, 1.165) is 25.2 Å². The smallest absolute Gasteiger partial charge is 0.227 e. The Balaban J connectivity index is 1.17. The van der Waals surface area contributed by atoms with E-state index in [2.05, 4.69) is 20.0 Å². The maximum Gasteiger partial charge on any atom is 0.227 e. The van der Waals surface area contributed by atoms with Crippen molar-refractivity contribution in [1.82, 2.24) is 24.9 Å². The van der Waals surface area contributed by atoms with Crippen molar-refractivity contribution in [2.75, 3.05) is 39.3 Å². The highest BCUT2D eigenvalue weighted by molar-refractivity contribution is 6.32. The number of nitrogens with zero attached hydrogens (tertiary/aromatic N) is 5. The number of piperazine rings is 1. The summed E-state index contributed by atoms with van der Waals surface area (Å²) in [6.45, 7) is 4.42. The molecule has 0 aliphatic carbocycles. The zero-order chi connectivity index (χ0) is 21.5. The van der Waals surface area contributed by atoms with Crippen LogP contribution in [0.25, 0.3) is 11.4 Å². The highest BCUT2D eigenvalue weighted by atomic mass is 35.5. The number of aromatic nitrogens is 3. The van der Waals surface area contributed by atoms with E-state index in [1.54, 1.807) is 12.4 Å². The van der Waals surface area contributed by atoms with Gasteiger partial charge >= 0.3 is 0 Å². The van der Waals surface area contributed by atoms with Crippen molar-refractivity contribution in [1.29, 1.82) is 0 Å². The van der Waals surface area contributed by atoms with Crippen LogP contribution in [-0.4, -0.2) is 70.2 Å². The van der Waals surface area contributed by atoms with Crippen LogP contribution in [-0.2, 0) is 11.2 Å². The van der Waals surface area contributed by atoms with Crippen molar-refractivity contribution in [3.05, 3.63) is 59.7 Å². The zero-order valence-electron chi connectivity index (χ0n) is 17.1. The number of hydrogen-bond acceptors (Lipinski definition) is 7. The van der Waals surface area contributed by atoms with Crippen molar-refractivity contribution in [3.8, 4) is 17.1 Å². The SMILES string of the molecule is O=C(CCc1nc(-c2ccncc2)no1)N1CCN(CCOc2ccccc2Cl)CC1. The molecule has 1 aliphatic rings. The van der Waals surface area contributed by atoms with Crippen molar-refractivity contribution < 1.29 is 14.1 Å². The van der Waals surface area contributed by atoms with Gasteiger partial charge in [0.25, 0.3) is 0 Å². The molecule has 0 saturated carbocycles. The number of para-hydroxylation sites is 1. The normalized spacial score (nSPS) is 14.5. The summed E-state index contributed by atoms with van der Waals surface area (Å²) in [6.07, 6.45) is 4.14. The van der Waals surface area contributed by atoms with Gasteiger partial charge in [-0.25, -0.2) is 0 Å². The van der Waals surface area contributed by atoms with Gasteiger partial charge in [0.2, 0.25) is 17.6 Å². The van der Waals surface area contributed by atoms with Gasteiger partial charge < -0.3 is 14.2 Å². The molecule has 0 bridgehead atoms. The molecule has 0 spiro atoms. The molecule has 8 nitrogen and oxygen atoms in total. The van der Waals surface area contributed by atoms with Crippen LogP contribution in [0.15, 0.2) is 53.3 Å². The first-order chi connectivity index (χ1) is 15.2. The van der Waals surface area contributed by atoms with Crippen molar-refractivity contribution in [2.45, 2.75) is 12.8 Å². The molecule has 2 aromatic heterocycles. The summed E-state index contributed by atoms with van der Waals surface area (Å²) in [4.78, 5) is 25.1. The molecule has 9 heteroatoms. The number of benzene rings is 1. The van der Waals surface area contributed by atoms with Gasteiger partial charge in [0.05, 0.1) is 5.02 Å². The molecule has 1 amide bonds. The number of ether oxygens (including phenoxy) is 1. The number of hydrogen-bond donors (Lipinski definition) is 0. The van der Waals surface area contributed by atoms with Crippen LogP contribution in [0.3, 0.4) is 0 Å². The number of rotatable bonds is 8. The minimum atomic E-state index is 0.107. The summed E-state index contributed by atoms with van der Waals surface area (Å²) in [6, 6.07) is 11.1. The minimum absolute atomic E-state index is 0.107. The van der Waals surface area contributed by atoms with Gasteiger partial charge in [-0.1, -0.05) is 28.9 Å². The van der Waals surface area contributed by atoms with E-state index < -0.39 is 0 Å². The third kappa shape index (κ3) is 5.80. The monoisotopic (exact) mass is 441 g/mol. The molecular formula is C22H24ClN5O3. The van der Waals surface area contributed by atoms with E-state index in [9.17, 15) is 4.79 Å². The fourth-order valence-corrected chi connectivity index (χ4v) is 3.60. The van der Waals surface area contributed by atoms with Crippen LogP contribution in [0.1, 0.15) is 12.3 Å². The van der Waals surface area contributed by atoms with Gasteiger partial charge in [-0.05, 0) is 24.3 Å². The molecule has 0 N–H and O–H groups in total. The van der Waals surface area contributed by atoms with Crippen LogP contribution < -0.4 is 4.74 Å². The summed E-state index contributed by atoms with van der Waals surface area (Å²) in [7, 11) is 0. The quantitative estimate of drug-likeness (QED) is 0.531. The standard InChI is InChI=1S/C22H24ClN5O3/c23-18-3-1-2-4-19(18)30-16-15-27-11-13-28(14-12-27)21(29)6-5-20-25-22(26-31-20)17-7-9-24-10-8-17/h1-4,7-10H,5-6,11-16H2. The number of carbonyl (C=O) groups is 1. The van der Waals surface area contributed by atoms with Gasteiger partial charge in [0.1, 0.15) is 12.4 Å². The van der Waals surface area contributed by atoms with Gasteiger partial charge in [0, 0.05) is 63.5 Å². The highest BCUT2D eigenvalue weighted by Gasteiger charge is 2.21. The summed E-state index contributed by atoms with van der Waals surface area (Å²) in [5, 5.41) is 4.59. The second-order valence-corrected chi connectivity index (χ2v) is 7.66. The second kappa shape index (κ2) is 10.4. The minimum Gasteiger partial charge on any atom is -0.491 e. The first-order valence-electron chi connectivity index (χ1n) is 10.3. The van der Waals surface area contributed by atoms with Crippen LogP contribution in [0.2, 0.25) is 5.02 Å². The number of halogens is 1. The molecule has 0 radical (unpaired) electrons. The summed E-state index contributed by atoms with van der Waals surface area (Å²) in [5.41, 5.74) is 0.839. The molecule has 31 heavy (non-hydrogen) atoms. The van der Waals surface area contributed by atoms with E-state index in [0.29, 0.717) is 55.0 Å². The molecule has 3 aromatic rings. The number of carbonyl (C=O) groups excluding carboxylic acids is 1. The van der Waals surface area contributed by atoms with Crippen LogP contribution in [0.4, 0.5) is 0 Å². The van der Waals surface area contributed by atoms with Crippen molar-refractivity contribution in [3.63, 3.8) is 0 Å². The Bertz CT molecular complexity index is 990. The molecule has 0 atom stereocenters. The number of pyridine rings is 1. The lowest BCUT2D eigenvalue weighted by atomic mass is 10.2. The number of aryl methyl sites for hydroxylation is 1.